The summed E-state index contributed by atoms with van der Waals surface area (Å²) in [4.78, 5) is 22.0. The maximum absolute atomic E-state index is 12.4. The Morgan fingerprint density at radius 3 is 2.86 bits per heavy atom. The predicted octanol–water partition coefficient (Wildman–Crippen LogP) is 0.990. The molecule has 0 saturated carbocycles. The minimum absolute atomic E-state index is 0.137. The zero-order valence-electron chi connectivity index (χ0n) is 11.1. The third-order valence-corrected chi connectivity index (χ3v) is 3.51. The molecule has 0 unspecified atom stereocenters. The number of fused-ring (bicyclic) bond motifs is 2. The predicted molar refractivity (Wildman–Crippen MR) is 74.4 cm³/mol. The molecule has 0 atom stereocenters. The quantitative estimate of drug-likeness (QED) is 0.839. The molecule has 0 aliphatic carbocycles. The molecule has 2 aromatic rings. The number of ether oxygens (including phenoxy) is 2. The zero-order valence-corrected chi connectivity index (χ0v) is 11.1. The first-order valence-electron chi connectivity index (χ1n) is 6.55. The highest BCUT2D eigenvalue weighted by Crippen LogP contribution is 2.36. The van der Waals surface area contributed by atoms with E-state index in [1.165, 1.54) is 6.20 Å². The molecule has 1 aromatic heterocycles. The van der Waals surface area contributed by atoms with E-state index in [0.29, 0.717) is 42.5 Å². The van der Waals surface area contributed by atoms with Gasteiger partial charge >= 0.3 is 0 Å². The normalized spacial score (nSPS) is 16.0. The molecule has 0 saturated heterocycles. The van der Waals surface area contributed by atoms with Crippen molar-refractivity contribution in [2.24, 2.45) is 0 Å². The van der Waals surface area contributed by atoms with Gasteiger partial charge in [0.15, 0.2) is 11.5 Å². The van der Waals surface area contributed by atoms with E-state index in [-0.39, 0.29) is 11.9 Å². The van der Waals surface area contributed by atoms with Gasteiger partial charge in [-0.3, -0.25) is 4.79 Å². The van der Waals surface area contributed by atoms with Gasteiger partial charge in [-0.15, -0.1) is 0 Å². The molecule has 0 fully saturated rings. The van der Waals surface area contributed by atoms with E-state index in [4.69, 9.17) is 15.2 Å². The largest absolute Gasteiger partial charge is 0.486 e. The standard InChI is InChI=1S/C14H12N4O3/c15-14-16-6-9-10(17-14)7-18(13(9)19)8-1-2-11-12(5-8)21-4-3-20-11/h1-2,5-6H,3-4,7H2,(H2,15,16,17). The second kappa shape index (κ2) is 4.34. The van der Waals surface area contributed by atoms with E-state index in [9.17, 15) is 4.79 Å². The maximum Gasteiger partial charge on any atom is 0.262 e. The molecule has 7 nitrogen and oxygen atoms in total. The molecular weight excluding hydrogens is 272 g/mol. The molecule has 0 radical (unpaired) electrons. The van der Waals surface area contributed by atoms with Crippen molar-refractivity contribution >= 4 is 17.5 Å². The first kappa shape index (κ1) is 12.0. The number of hydrogen-bond donors (Lipinski definition) is 1. The van der Waals surface area contributed by atoms with Crippen LogP contribution in [-0.2, 0) is 6.54 Å². The van der Waals surface area contributed by atoms with Crippen LogP contribution in [0.5, 0.6) is 11.5 Å². The SMILES string of the molecule is Nc1ncc2c(n1)CN(c1ccc3c(c1)OCCO3)C2=O. The van der Waals surface area contributed by atoms with Crippen LogP contribution in [0.2, 0.25) is 0 Å². The zero-order chi connectivity index (χ0) is 14.4. The minimum atomic E-state index is -0.137. The number of nitrogens with zero attached hydrogens (tertiary/aromatic N) is 3. The molecule has 2 aliphatic rings. The fourth-order valence-electron chi connectivity index (χ4n) is 2.51. The van der Waals surface area contributed by atoms with Gasteiger partial charge in [-0.05, 0) is 12.1 Å². The van der Waals surface area contributed by atoms with Crippen molar-refractivity contribution < 1.29 is 14.3 Å². The highest BCUT2D eigenvalue weighted by molar-refractivity contribution is 6.09. The average molecular weight is 284 g/mol. The van der Waals surface area contributed by atoms with Crippen LogP contribution in [0.1, 0.15) is 16.1 Å². The van der Waals surface area contributed by atoms with Gasteiger partial charge in [0.2, 0.25) is 5.95 Å². The highest BCUT2D eigenvalue weighted by Gasteiger charge is 2.31. The Balaban J connectivity index is 1.71. The Morgan fingerprint density at radius 1 is 1.19 bits per heavy atom. The number of benzene rings is 1. The Bertz CT molecular complexity index is 747. The van der Waals surface area contributed by atoms with Gasteiger partial charge in [0, 0.05) is 18.0 Å². The van der Waals surface area contributed by atoms with Gasteiger partial charge in [0.05, 0.1) is 17.8 Å². The molecule has 21 heavy (non-hydrogen) atoms. The molecule has 0 bridgehead atoms. The van der Waals surface area contributed by atoms with Crippen LogP contribution in [0.3, 0.4) is 0 Å². The fourth-order valence-corrected chi connectivity index (χ4v) is 2.51. The molecule has 7 heteroatoms. The van der Waals surface area contributed by atoms with Gasteiger partial charge in [-0.2, -0.15) is 0 Å². The number of anilines is 2. The summed E-state index contributed by atoms with van der Waals surface area (Å²) in [5.74, 6) is 1.37. The summed E-state index contributed by atoms with van der Waals surface area (Å²) >= 11 is 0. The number of rotatable bonds is 1. The van der Waals surface area contributed by atoms with Crippen LogP contribution in [0.25, 0.3) is 0 Å². The maximum atomic E-state index is 12.4. The second-order valence-electron chi connectivity index (χ2n) is 4.81. The van der Waals surface area contributed by atoms with Gasteiger partial charge in [0.1, 0.15) is 13.2 Å². The number of amides is 1. The lowest BCUT2D eigenvalue weighted by molar-refractivity contribution is 0.0996. The van der Waals surface area contributed by atoms with Crippen molar-refractivity contribution in [1.29, 1.82) is 0 Å². The number of aromatic nitrogens is 2. The first-order valence-corrected chi connectivity index (χ1v) is 6.55. The Hall–Kier alpha value is -2.83. The van der Waals surface area contributed by atoms with Gasteiger partial charge in [0.25, 0.3) is 5.91 Å². The van der Waals surface area contributed by atoms with Crippen molar-refractivity contribution in [2.75, 3.05) is 23.8 Å². The highest BCUT2D eigenvalue weighted by atomic mass is 16.6. The van der Waals surface area contributed by atoms with Crippen molar-refractivity contribution in [1.82, 2.24) is 9.97 Å². The third kappa shape index (κ3) is 1.85. The van der Waals surface area contributed by atoms with E-state index in [1.807, 2.05) is 6.07 Å². The summed E-state index contributed by atoms with van der Waals surface area (Å²) in [6.07, 6.45) is 1.47. The van der Waals surface area contributed by atoms with E-state index < -0.39 is 0 Å². The van der Waals surface area contributed by atoms with Gasteiger partial charge < -0.3 is 20.1 Å². The summed E-state index contributed by atoms with van der Waals surface area (Å²) in [7, 11) is 0. The first-order chi connectivity index (χ1) is 10.2. The van der Waals surface area contributed by atoms with Gasteiger partial charge in [-0.1, -0.05) is 0 Å². The van der Waals surface area contributed by atoms with Crippen LogP contribution < -0.4 is 20.1 Å². The molecule has 2 N–H and O–H groups in total. The molecule has 1 aromatic carbocycles. The lowest BCUT2D eigenvalue weighted by atomic mass is 10.2. The Labute approximate surface area is 120 Å². The number of nitrogens with two attached hydrogens (primary N) is 1. The third-order valence-electron chi connectivity index (χ3n) is 3.51. The second-order valence-corrected chi connectivity index (χ2v) is 4.81. The molecule has 4 rings (SSSR count). The van der Waals surface area contributed by atoms with Crippen LogP contribution >= 0.6 is 0 Å². The Morgan fingerprint density at radius 2 is 2.00 bits per heavy atom. The number of hydrogen-bond acceptors (Lipinski definition) is 6. The topological polar surface area (TPSA) is 90.6 Å². The number of nitrogen functional groups attached to an aromatic ring is 1. The van der Waals surface area contributed by atoms with E-state index in [1.54, 1.807) is 17.0 Å². The molecule has 106 valence electrons. The van der Waals surface area contributed by atoms with Crippen LogP contribution in [-0.4, -0.2) is 29.1 Å². The van der Waals surface area contributed by atoms with Crippen molar-refractivity contribution in [2.45, 2.75) is 6.54 Å². The minimum Gasteiger partial charge on any atom is -0.486 e. The van der Waals surface area contributed by atoms with Crippen LogP contribution in [0, 0.1) is 0 Å². The van der Waals surface area contributed by atoms with Crippen LogP contribution in [0.4, 0.5) is 11.6 Å². The summed E-state index contributed by atoms with van der Waals surface area (Å²) in [6.45, 7) is 1.42. The van der Waals surface area contributed by atoms with E-state index >= 15 is 0 Å². The molecule has 3 heterocycles. The average Bonchev–Trinajstić information content (AvgIpc) is 2.83. The summed E-state index contributed by atoms with van der Waals surface area (Å²) in [5.41, 5.74) is 7.43. The molecular formula is C14H12N4O3. The van der Waals surface area contributed by atoms with E-state index in [2.05, 4.69) is 9.97 Å². The van der Waals surface area contributed by atoms with E-state index in [0.717, 1.165) is 5.69 Å². The lowest BCUT2D eigenvalue weighted by Gasteiger charge is -2.21. The molecule has 1 amide bonds. The van der Waals surface area contributed by atoms with Crippen molar-refractivity contribution in [3.8, 4) is 11.5 Å². The lowest BCUT2D eigenvalue weighted by Crippen LogP contribution is -2.23. The summed E-state index contributed by atoms with van der Waals surface area (Å²) in [5, 5.41) is 0. The summed E-state index contributed by atoms with van der Waals surface area (Å²) in [6, 6.07) is 5.43. The van der Waals surface area contributed by atoms with Crippen LogP contribution in [0.15, 0.2) is 24.4 Å². The smallest absolute Gasteiger partial charge is 0.262 e. The monoisotopic (exact) mass is 284 g/mol. The fraction of sp³-hybridized carbons (Fsp3) is 0.214. The summed E-state index contributed by atoms with van der Waals surface area (Å²) < 4.78 is 11.0. The van der Waals surface area contributed by atoms with Crippen molar-refractivity contribution in [3.05, 3.63) is 35.7 Å². The number of carbonyl (C=O) groups excluding carboxylic acids is 1. The number of carbonyl (C=O) groups is 1. The molecule has 0 spiro atoms. The van der Waals surface area contributed by atoms with Crippen molar-refractivity contribution in [3.63, 3.8) is 0 Å². The molecule has 2 aliphatic heterocycles. The Kier molecular flexibility index (Phi) is 2.47. The van der Waals surface area contributed by atoms with Gasteiger partial charge in [-0.25, -0.2) is 9.97 Å².